The highest BCUT2D eigenvalue weighted by Gasteiger charge is 2.07. The average molecular weight is 219 g/mol. The van der Waals surface area contributed by atoms with E-state index in [1.807, 2.05) is 25.2 Å². The van der Waals surface area contributed by atoms with Crippen LogP contribution in [-0.2, 0) is 13.6 Å². The van der Waals surface area contributed by atoms with Gasteiger partial charge in [-0.15, -0.1) is 0 Å². The summed E-state index contributed by atoms with van der Waals surface area (Å²) >= 11 is 0. The van der Waals surface area contributed by atoms with Crippen LogP contribution in [0.3, 0.4) is 0 Å². The number of furan rings is 1. The molecular formula is C12H17N3O. The second-order valence-corrected chi connectivity index (χ2v) is 4.14. The van der Waals surface area contributed by atoms with E-state index in [1.165, 1.54) is 0 Å². The molecule has 0 atom stereocenters. The molecular weight excluding hydrogens is 202 g/mol. The zero-order chi connectivity index (χ0) is 11.5. The van der Waals surface area contributed by atoms with E-state index in [1.54, 1.807) is 10.9 Å². The SMILES string of the molecule is CC(C)NCc1ccc(-c2ccnn2C)o1. The van der Waals surface area contributed by atoms with Crippen molar-refractivity contribution in [3.8, 4) is 11.5 Å². The molecule has 4 heteroatoms. The molecule has 0 spiro atoms. The van der Waals surface area contributed by atoms with E-state index in [-0.39, 0.29) is 0 Å². The van der Waals surface area contributed by atoms with Crippen LogP contribution in [0.2, 0.25) is 0 Å². The Hall–Kier alpha value is -1.55. The molecule has 2 rings (SSSR count). The molecule has 0 aliphatic rings. The van der Waals surface area contributed by atoms with Gasteiger partial charge in [0.15, 0.2) is 5.76 Å². The molecule has 16 heavy (non-hydrogen) atoms. The summed E-state index contributed by atoms with van der Waals surface area (Å²) in [5, 5.41) is 7.44. The molecule has 0 amide bonds. The maximum atomic E-state index is 5.74. The van der Waals surface area contributed by atoms with Crippen LogP contribution in [0.1, 0.15) is 19.6 Å². The van der Waals surface area contributed by atoms with Crippen molar-refractivity contribution >= 4 is 0 Å². The van der Waals surface area contributed by atoms with E-state index in [0.29, 0.717) is 6.04 Å². The molecule has 0 aliphatic carbocycles. The Balaban J connectivity index is 2.11. The molecule has 2 aromatic heterocycles. The van der Waals surface area contributed by atoms with Crippen molar-refractivity contribution in [3.05, 3.63) is 30.2 Å². The molecule has 0 fully saturated rings. The summed E-state index contributed by atoms with van der Waals surface area (Å²) < 4.78 is 7.54. The zero-order valence-corrected chi connectivity index (χ0v) is 9.90. The highest BCUT2D eigenvalue weighted by molar-refractivity contribution is 5.52. The van der Waals surface area contributed by atoms with Gasteiger partial charge in [0.1, 0.15) is 11.5 Å². The lowest BCUT2D eigenvalue weighted by molar-refractivity contribution is 0.470. The molecule has 0 saturated carbocycles. The van der Waals surface area contributed by atoms with E-state index in [9.17, 15) is 0 Å². The van der Waals surface area contributed by atoms with Crippen LogP contribution in [0.25, 0.3) is 11.5 Å². The number of aryl methyl sites for hydroxylation is 1. The van der Waals surface area contributed by atoms with Gasteiger partial charge < -0.3 is 9.73 Å². The molecule has 0 bridgehead atoms. The lowest BCUT2D eigenvalue weighted by atomic mass is 10.3. The lowest BCUT2D eigenvalue weighted by Crippen LogP contribution is -2.21. The first-order valence-electron chi connectivity index (χ1n) is 5.47. The fraction of sp³-hybridized carbons (Fsp3) is 0.417. The number of hydrogen-bond donors (Lipinski definition) is 1. The molecule has 0 saturated heterocycles. The average Bonchev–Trinajstić information content (AvgIpc) is 2.83. The van der Waals surface area contributed by atoms with Gasteiger partial charge in [-0.05, 0) is 18.2 Å². The Morgan fingerprint density at radius 3 is 2.81 bits per heavy atom. The minimum Gasteiger partial charge on any atom is -0.458 e. The summed E-state index contributed by atoms with van der Waals surface area (Å²) in [6.07, 6.45) is 1.77. The van der Waals surface area contributed by atoms with Crippen LogP contribution in [0.5, 0.6) is 0 Å². The normalized spacial score (nSPS) is 11.2. The summed E-state index contributed by atoms with van der Waals surface area (Å²) in [5.41, 5.74) is 0.996. The predicted molar refractivity (Wildman–Crippen MR) is 62.9 cm³/mol. The zero-order valence-electron chi connectivity index (χ0n) is 9.90. The van der Waals surface area contributed by atoms with Gasteiger partial charge in [-0.1, -0.05) is 13.8 Å². The first kappa shape index (κ1) is 11.0. The van der Waals surface area contributed by atoms with E-state index in [2.05, 4.69) is 24.3 Å². The maximum absolute atomic E-state index is 5.74. The van der Waals surface area contributed by atoms with E-state index in [4.69, 9.17) is 4.42 Å². The molecule has 1 N–H and O–H groups in total. The Bertz CT molecular complexity index is 456. The number of nitrogens with one attached hydrogen (secondary N) is 1. The monoisotopic (exact) mass is 219 g/mol. The van der Waals surface area contributed by atoms with Crippen LogP contribution in [-0.4, -0.2) is 15.8 Å². The topological polar surface area (TPSA) is 43.0 Å². The minimum absolute atomic E-state index is 0.463. The summed E-state index contributed by atoms with van der Waals surface area (Å²) in [6.45, 7) is 4.99. The Morgan fingerprint density at radius 2 is 2.19 bits per heavy atom. The standard InChI is InChI=1S/C12H17N3O/c1-9(2)13-8-10-4-5-12(16-10)11-6-7-14-15(11)3/h4-7,9,13H,8H2,1-3H3. The van der Waals surface area contributed by atoms with Crippen LogP contribution < -0.4 is 5.32 Å². The Kier molecular flexibility index (Phi) is 3.10. The van der Waals surface area contributed by atoms with Gasteiger partial charge in [0.2, 0.25) is 0 Å². The molecule has 0 unspecified atom stereocenters. The number of hydrogen-bond acceptors (Lipinski definition) is 3. The van der Waals surface area contributed by atoms with Crippen LogP contribution in [0.4, 0.5) is 0 Å². The van der Waals surface area contributed by atoms with E-state index < -0.39 is 0 Å². The quantitative estimate of drug-likeness (QED) is 0.857. The molecule has 86 valence electrons. The van der Waals surface area contributed by atoms with Crippen molar-refractivity contribution < 1.29 is 4.42 Å². The van der Waals surface area contributed by atoms with Gasteiger partial charge in [-0.25, -0.2) is 0 Å². The first-order valence-corrected chi connectivity index (χ1v) is 5.47. The molecule has 0 radical (unpaired) electrons. The van der Waals surface area contributed by atoms with Gasteiger partial charge in [0, 0.05) is 19.3 Å². The minimum atomic E-state index is 0.463. The van der Waals surface area contributed by atoms with Crippen molar-refractivity contribution in [2.45, 2.75) is 26.4 Å². The van der Waals surface area contributed by atoms with Gasteiger partial charge in [-0.3, -0.25) is 4.68 Å². The van der Waals surface area contributed by atoms with Crippen LogP contribution in [0.15, 0.2) is 28.8 Å². The van der Waals surface area contributed by atoms with Crippen molar-refractivity contribution in [1.29, 1.82) is 0 Å². The van der Waals surface area contributed by atoms with Gasteiger partial charge in [0.25, 0.3) is 0 Å². The fourth-order valence-electron chi connectivity index (χ4n) is 1.53. The van der Waals surface area contributed by atoms with Crippen LogP contribution >= 0.6 is 0 Å². The third-order valence-electron chi connectivity index (χ3n) is 2.42. The molecule has 0 aromatic carbocycles. The van der Waals surface area contributed by atoms with Crippen molar-refractivity contribution in [2.75, 3.05) is 0 Å². The second-order valence-electron chi connectivity index (χ2n) is 4.14. The van der Waals surface area contributed by atoms with E-state index in [0.717, 1.165) is 23.8 Å². The lowest BCUT2D eigenvalue weighted by Gasteiger charge is -2.05. The van der Waals surface area contributed by atoms with Crippen LogP contribution in [0, 0.1) is 0 Å². The van der Waals surface area contributed by atoms with Crippen molar-refractivity contribution in [1.82, 2.24) is 15.1 Å². The summed E-state index contributed by atoms with van der Waals surface area (Å²) in [4.78, 5) is 0. The largest absolute Gasteiger partial charge is 0.458 e. The summed E-state index contributed by atoms with van der Waals surface area (Å²) in [7, 11) is 1.91. The van der Waals surface area contributed by atoms with Crippen molar-refractivity contribution in [3.63, 3.8) is 0 Å². The first-order chi connectivity index (χ1) is 7.66. The Labute approximate surface area is 95.3 Å². The highest BCUT2D eigenvalue weighted by atomic mass is 16.3. The third kappa shape index (κ3) is 2.33. The number of rotatable bonds is 4. The number of aromatic nitrogens is 2. The molecule has 4 nitrogen and oxygen atoms in total. The number of nitrogens with zero attached hydrogens (tertiary/aromatic N) is 2. The van der Waals surface area contributed by atoms with Gasteiger partial charge in [-0.2, -0.15) is 5.10 Å². The molecule has 0 aliphatic heterocycles. The summed E-state index contributed by atoms with van der Waals surface area (Å²) in [6, 6.07) is 6.38. The summed E-state index contributed by atoms with van der Waals surface area (Å²) in [5.74, 6) is 1.81. The van der Waals surface area contributed by atoms with Gasteiger partial charge in [0.05, 0.1) is 6.54 Å². The maximum Gasteiger partial charge on any atom is 0.152 e. The third-order valence-corrected chi connectivity index (χ3v) is 2.42. The van der Waals surface area contributed by atoms with E-state index >= 15 is 0 Å². The molecule has 2 aromatic rings. The highest BCUT2D eigenvalue weighted by Crippen LogP contribution is 2.20. The Morgan fingerprint density at radius 1 is 1.38 bits per heavy atom. The van der Waals surface area contributed by atoms with Crippen molar-refractivity contribution in [2.24, 2.45) is 7.05 Å². The predicted octanol–water partition coefficient (Wildman–Crippen LogP) is 2.18. The second kappa shape index (κ2) is 4.53. The fourth-order valence-corrected chi connectivity index (χ4v) is 1.53. The smallest absolute Gasteiger partial charge is 0.152 e. The van der Waals surface area contributed by atoms with Gasteiger partial charge >= 0.3 is 0 Å². The molecule has 2 heterocycles.